The number of nitro groups is 1. The quantitative estimate of drug-likeness (QED) is 0.0893. The smallest absolute Gasteiger partial charge is 0.335 e. The third-order valence-corrected chi connectivity index (χ3v) is 8.54. The largest absolute Gasteiger partial charge is 0.493 e. The van der Waals surface area contributed by atoms with E-state index in [9.17, 15) is 45.2 Å². The monoisotopic (exact) mass is 716 g/mol. The number of rotatable bonds is 14. The molecule has 1 amide bonds. The van der Waals surface area contributed by atoms with Crippen LogP contribution in [0.4, 0.5) is 11.4 Å². The Morgan fingerprint density at radius 3 is 2.08 bits per heavy atom. The van der Waals surface area contributed by atoms with E-state index < -0.39 is 71.6 Å². The summed E-state index contributed by atoms with van der Waals surface area (Å²) in [4.78, 5) is 37.3. The van der Waals surface area contributed by atoms with Crippen LogP contribution in [0.15, 0.2) is 48.5 Å². The third-order valence-electron chi connectivity index (χ3n) is 8.54. The van der Waals surface area contributed by atoms with Gasteiger partial charge in [0, 0.05) is 18.2 Å². The first-order valence-corrected chi connectivity index (χ1v) is 15.3. The highest BCUT2D eigenvalue weighted by atomic mass is 16.7. The van der Waals surface area contributed by atoms with Gasteiger partial charge in [0.25, 0.3) is 0 Å². The van der Waals surface area contributed by atoms with Crippen molar-refractivity contribution >= 4 is 23.3 Å². The van der Waals surface area contributed by atoms with Crippen LogP contribution in [-0.4, -0.2) is 108 Å². The van der Waals surface area contributed by atoms with Crippen LogP contribution in [0.25, 0.3) is 0 Å². The fraction of sp³-hybridized carbons (Fsp3) is 0.394. The van der Waals surface area contributed by atoms with Crippen molar-refractivity contribution in [3.05, 3.63) is 69.8 Å². The van der Waals surface area contributed by atoms with Crippen LogP contribution in [0.1, 0.15) is 17.2 Å². The van der Waals surface area contributed by atoms with Crippen molar-refractivity contribution in [2.45, 2.75) is 43.4 Å². The molecule has 18 nitrogen and oxygen atoms in total. The molecule has 5 N–H and O–H groups in total. The predicted molar refractivity (Wildman–Crippen MR) is 172 cm³/mol. The summed E-state index contributed by atoms with van der Waals surface area (Å²) in [5.74, 6) is -1.72. The van der Waals surface area contributed by atoms with E-state index in [1.54, 1.807) is 30.3 Å². The lowest BCUT2D eigenvalue weighted by Crippen LogP contribution is -2.61. The van der Waals surface area contributed by atoms with Gasteiger partial charge in [0.05, 0.1) is 57.6 Å². The molecule has 0 saturated carbocycles. The summed E-state index contributed by atoms with van der Waals surface area (Å²) < 4.78 is 38.3. The number of carbonyl (C=O) groups is 2. The van der Waals surface area contributed by atoms with Crippen molar-refractivity contribution in [3.63, 3.8) is 0 Å². The van der Waals surface area contributed by atoms with Gasteiger partial charge < -0.3 is 63.6 Å². The van der Waals surface area contributed by atoms with Gasteiger partial charge in [-0.2, -0.15) is 0 Å². The summed E-state index contributed by atoms with van der Waals surface area (Å²) in [7, 11) is 5.75. The highest BCUT2D eigenvalue weighted by Gasteiger charge is 2.50. The highest BCUT2D eigenvalue weighted by Crippen LogP contribution is 2.49. The van der Waals surface area contributed by atoms with E-state index in [4.69, 9.17) is 33.2 Å². The molecule has 18 heteroatoms. The molecule has 0 spiro atoms. The highest BCUT2D eigenvalue weighted by molar-refractivity contribution is 6.04. The van der Waals surface area contributed by atoms with Gasteiger partial charge in [0.15, 0.2) is 34.9 Å². The maximum atomic E-state index is 13.2. The Bertz CT molecular complexity index is 1760. The molecule has 5 rings (SSSR count). The van der Waals surface area contributed by atoms with E-state index in [1.807, 2.05) is 0 Å². The second-order valence-corrected chi connectivity index (χ2v) is 11.4. The molecule has 2 aliphatic heterocycles. The average Bonchev–Trinajstić information content (AvgIpc) is 3.12. The van der Waals surface area contributed by atoms with Crippen LogP contribution in [0, 0.1) is 16.0 Å². The van der Waals surface area contributed by atoms with Gasteiger partial charge in [0.2, 0.25) is 17.9 Å². The Morgan fingerprint density at radius 2 is 1.51 bits per heavy atom. The number of aliphatic carboxylic acids is 1. The number of nitrogens with zero attached hydrogens (tertiary/aromatic N) is 2. The molecular weight excluding hydrogens is 680 g/mol. The van der Waals surface area contributed by atoms with Crippen LogP contribution in [-0.2, 0) is 20.9 Å². The first kappa shape index (κ1) is 36.9. The Hall–Kier alpha value is -5.40. The molecule has 0 aromatic heterocycles. The number of hydrogen-bond donors (Lipinski definition) is 5. The van der Waals surface area contributed by atoms with Crippen molar-refractivity contribution in [3.8, 4) is 34.5 Å². The maximum absolute atomic E-state index is 13.2. The third kappa shape index (κ3) is 6.99. The summed E-state index contributed by atoms with van der Waals surface area (Å²) in [6.45, 7) is -0.663. The topological polar surface area (TPSA) is 246 Å². The molecule has 2 fully saturated rings. The van der Waals surface area contributed by atoms with Gasteiger partial charge in [-0.25, -0.2) is 4.79 Å². The second kappa shape index (κ2) is 15.2. The van der Waals surface area contributed by atoms with Crippen molar-refractivity contribution in [2.24, 2.45) is 5.92 Å². The predicted octanol–water partition coefficient (Wildman–Crippen LogP) is 1.18. The zero-order chi connectivity index (χ0) is 37.1. The van der Waals surface area contributed by atoms with Crippen molar-refractivity contribution in [1.29, 1.82) is 0 Å². The number of benzene rings is 3. The number of β-lactam (4-membered cyclic amide) rings is 1. The number of carboxylic acid groups (broad SMARTS) is 1. The molecule has 2 aliphatic rings. The number of nitro benzene ring substituents is 1. The standard InChI is InChI=1S/C33H36N2O16/c1-45-21-8-6-16(25-18(13-36)31(40)34(25)17-11-23(46-2)29(48-4)24(12-17)47-3)10-22(21)49-14-15-5-7-20(19(9-15)35(43)44)50-33-28(39)26(37)27(38)30(51-33)32(41)42/h5-12,18,25-28,30,33,36-39H,13-14H2,1-4H3,(H,41,42)/t18-,25-,26?,27?,28?,30?,33?/m0/s1. The Morgan fingerprint density at radius 1 is 0.863 bits per heavy atom. The van der Waals surface area contributed by atoms with Crippen molar-refractivity contribution in [1.82, 2.24) is 0 Å². The number of amides is 1. The summed E-state index contributed by atoms with van der Waals surface area (Å²) in [5, 5.41) is 61.7. The molecule has 0 aliphatic carbocycles. The minimum Gasteiger partial charge on any atom is -0.493 e. The zero-order valence-corrected chi connectivity index (χ0v) is 27.7. The fourth-order valence-electron chi connectivity index (χ4n) is 5.92. The van der Waals surface area contributed by atoms with Gasteiger partial charge in [-0.3, -0.25) is 14.9 Å². The average molecular weight is 717 g/mol. The lowest BCUT2D eigenvalue weighted by molar-refractivity contribution is -0.387. The summed E-state index contributed by atoms with van der Waals surface area (Å²) in [6, 6.07) is 11.2. The molecular formula is C33H36N2O16. The number of hydrogen-bond acceptors (Lipinski definition) is 15. The molecule has 0 radical (unpaired) electrons. The molecule has 0 bridgehead atoms. The first-order valence-electron chi connectivity index (χ1n) is 15.3. The van der Waals surface area contributed by atoms with E-state index in [1.165, 1.54) is 45.5 Å². The van der Waals surface area contributed by atoms with Crippen LogP contribution in [0.3, 0.4) is 0 Å². The fourth-order valence-corrected chi connectivity index (χ4v) is 5.92. The minimum atomic E-state index is -1.97. The first-order chi connectivity index (χ1) is 24.4. The van der Waals surface area contributed by atoms with Gasteiger partial charge in [-0.15, -0.1) is 0 Å². The summed E-state index contributed by atoms with van der Waals surface area (Å²) in [5.41, 5.74) is 0.690. The Kier molecular flexibility index (Phi) is 11.0. The summed E-state index contributed by atoms with van der Waals surface area (Å²) in [6.07, 6.45) is -9.70. The second-order valence-electron chi connectivity index (χ2n) is 11.4. The molecule has 3 aromatic carbocycles. The van der Waals surface area contributed by atoms with Gasteiger partial charge in [-0.1, -0.05) is 12.1 Å². The van der Waals surface area contributed by atoms with Crippen molar-refractivity contribution < 1.29 is 73.2 Å². The van der Waals surface area contributed by atoms with E-state index in [0.29, 0.717) is 34.2 Å². The van der Waals surface area contributed by atoms with E-state index in [2.05, 4.69) is 0 Å². The van der Waals surface area contributed by atoms with Gasteiger partial charge in [0.1, 0.15) is 24.9 Å². The Labute approximate surface area is 290 Å². The molecule has 274 valence electrons. The SMILES string of the molecule is COc1ccc([C@H]2[C@H](CO)C(=O)N2c2cc(OC)c(OC)c(OC)c2)cc1OCc1ccc(OC2OC(C(=O)O)C(O)C(O)C2O)c([N+](=O)[O-])c1. The zero-order valence-electron chi connectivity index (χ0n) is 27.7. The maximum Gasteiger partial charge on any atom is 0.335 e. The normalized spacial score (nSPS) is 24.3. The number of ether oxygens (including phenoxy) is 7. The molecule has 2 heterocycles. The van der Waals surface area contributed by atoms with Crippen LogP contribution >= 0.6 is 0 Å². The van der Waals surface area contributed by atoms with Crippen molar-refractivity contribution in [2.75, 3.05) is 39.9 Å². The van der Waals surface area contributed by atoms with Crippen LogP contribution in [0.5, 0.6) is 34.5 Å². The molecule has 7 atom stereocenters. The molecule has 51 heavy (non-hydrogen) atoms. The summed E-state index contributed by atoms with van der Waals surface area (Å²) >= 11 is 0. The Balaban J connectivity index is 1.40. The number of methoxy groups -OCH3 is 4. The number of anilines is 1. The lowest BCUT2D eigenvalue weighted by Gasteiger charge is -2.47. The molecule has 5 unspecified atom stereocenters. The van der Waals surface area contributed by atoms with E-state index in [-0.39, 0.29) is 23.8 Å². The van der Waals surface area contributed by atoms with Gasteiger partial charge in [-0.05, 0) is 29.3 Å². The van der Waals surface area contributed by atoms with Crippen LogP contribution < -0.4 is 33.3 Å². The van der Waals surface area contributed by atoms with E-state index in [0.717, 1.165) is 6.07 Å². The van der Waals surface area contributed by atoms with Gasteiger partial charge >= 0.3 is 11.7 Å². The molecule has 3 aromatic rings. The number of aliphatic hydroxyl groups excluding tert-OH is 4. The van der Waals surface area contributed by atoms with E-state index >= 15 is 0 Å². The lowest BCUT2D eigenvalue weighted by atomic mass is 9.82. The number of carbonyl (C=O) groups excluding carboxylic acids is 1. The van der Waals surface area contributed by atoms with Crippen LogP contribution in [0.2, 0.25) is 0 Å². The molecule has 2 saturated heterocycles. The number of carboxylic acids is 1. The number of aliphatic hydroxyl groups is 4. The minimum absolute atomic E-state index is 0.213.